The van der Waals surface area contributed by atoms with Crippen LogP contribution in [0.4, 0.5) is 11.4 Å². The summed E-state index contributed by atoms with van der Waals surface area (Å²) in [5, 5.41) is 2.98. The van der Waals surface area contributed by atoms with Crippen LogP contribution in [-0.2, 0) is 19.6 Å². The molecule has 0 fully saturated rings. The largest absolute Gasteiger partial charge is 0.465 e. The predicted molar refractivity (Wildman–Crippen MR) is 119 cm³/mol. The number of halogens is 1. The Morgan fingerprint density at radius 1 is 0.935 bits per heavy atom. The number of rotatable bonds is 7. The number of carbonyl (C=O) groups is 2. The number of ether oxygens (including phenoxy) is 1. The van der Waals surface area contributed by atoms with Crippen LogP contribution in [0.25, 0.3) is 0 Å². The lowest BCUT2D eigenvalue weighted by molar-refractivity contribution is -0.114. The fraction of sp³-hybridized carbons (Fsp3) is 0.0909. The molecule has 0 atom stereocenters. The summed E-state index contributed by atoms with van der Waals surface area (Å²) in [6.07, 6.45) is 0. The highest BCUT2D eigenvalue weighted by Crippen LogP contribution is 2.25. The minimum Gasteiger partial charge on any atom is -0.465 e. The van der Waals surface area contributed by atoms with Crippen LogP contribution in [0.15, 0.2) is 83.8 Å². The Labute approximate surface area is 185 Å². The molecule has 0 saturated heterocycles. The molecule has 0 aliphatic heterocycles. The lowest BCUT2D eigenvalue weighted by Gasteiger charge is -2.24. The van der Waals surface area contributed by atoms with Gasteiger partial charge in [0.1, 0.15) is 6.54 Å². The van der Waals surface area contributed by atoms with E-state index in [1.807, 2.05) is 0 Å². The number of nitrogens with zero attached hydrogens (tertiary/aromatic N) is 1. The molecule has 0 spiro atoms. The highest BCUT2D eigenvalue weighted by molar-refractivity contribution is 7.92. The van der Waals surface area contributed by atoms with E-state index in [1.54, 1.807) is 42.5 Å². The molecule has 160 valence electrons. The second-order valence-corrected chi connectivity index (χ2v) is 8.69. The van der Waals surface area contributed by atoms with E-state index in [0.29, 0.717) is 10.7 Å². The van der Waals surface area contributed by atoms with Gasteiger partial charge in [0.25, 0.3) is 10.0 Å². The molecular formula is C22H19ClN2O5S. The van der Waals surface area contributed by atoms with Crippen molar-refractivity contribution in [3.05, 3.63) is 89.4 Å². The third-order valence-electron chi connectivity index (χ3n) is 4.34. The first-order chi connectivity index (χ1) is 14.8. The number of carbonyl (C=O) groups excluding carboxylic acids is 2. The summed E-state index contributed by atoms with van der Waals surface area (Å²) in [4.78, 5) is 24.7. The van der Waals surface area contributed by atoms with E-state index in [1.165, 1.54) is 43.5 Å². The molecule has 1 amide bonds. The molecule has 0 bridgehead atoms. The number of methoxy groups -OCH3 is 1. The molecule has 3 rings (SSSR count). The van der Waals surface area contributed by atoms with Gasteiger partial charge in [-0.2, -0.15) is 0 Å². The molecule has 3 aromatic rings. The van der Waals surface area contributed by atoms with Crippen molar-refractivity contribution in [1.82, 2.24) is 0 Å². The SMILES string of the molecule is COC(=O)c1ccccc1NC(=O)CN(c1ccccc1)S(=O)(=O)c1ccc(Cl)cc1. The van der Waals surface area contributed by atoms with E-state index in [0.717, 1.165) is 4.31 Å². The molecule has 9 heteroatoms. The van der Waals surface area contributed by atoms with Gasteiger partial charge < -0.3 is 10.1 Å². The zero-order valence-electron chi connectivity index (χ0n) is 16.5. The average Bonchev–Trinajstić information content (AvgIpc) is 2.78. The number of hydrogen-bond donors (Lipinski definition) is 1. The summed E-state index contributed by atoms with van der Waals surface area (Å²) in [5.41, 5.74) is 0.690. The predicted octanol–water partition coefficient (Wildman–Crippen LogP) is 3.96. The third-order valence-corrected chi connectivity index (χ3v) is 6.38. The normalized spacial score (nSPS) is 10.9. The van der Waals surface area contributed by atoms with Gasteiger partial charge in [0.15, 0.2) is 0 Å². The first kappa shape index (κ1) is 22.3. The number of hydrogen-bond acceptors (Lipinski definition) is 5. The van der Waals surface area contributed by atoms with Crippen molar-refractivity contribution in [2.75, 3.05) is 23.3 Å². The molecule has 1 N–H and O–H groups in total. The maximum Gasteiger partial charge on any atom is 0.339 e. The summed E-state index contributed by atoms with van der Waals surface area (Å²) in [7, 11) is -2.83. The van der Waals surface area contributed by atoms with Crippen molar-refractivity contribution in [3.8, 4) is 0 Å². The van der Waals surface area contributed by atoms with Gasteiger partial charge in [0.05, 0.1) is 28.9 Å². The maximum atomic E-state index is 13.3. The second kappa shape index (κ2) is 9.63. The number of nitrogens with one attached hydrogen (secondary N) is 1. The Hall–Kier alpha value is -3.36. The number of esters is 1. The third kappa shape index (κ3) is 5.22. The van der Waals surface area contributed by atoms with Gasteiger partial charge in [0.2, 0.25) is 5.91 Å². The fourth-order valence-electron chi connectivity index (χ4n) is 2.84. The Kier molecular flexibility index (Phi) is 6.94. The Morgan fingerprint density at radius 3 is 2.19 bits per heavy atom. The summed E-state index contributed by atoms with van der Waals surface area (Å²) in [5.74, 6) is -1.25. The Bertz CT molecular complexity index is 1180. The van der Waals surface area contributed by atoms with Gasteiger partial charge in [-0.25, -0.2) is 13.2 Å². The van der Waals surface area contributed by atoms with E-state index in [4.69, 9.17) is 16.3 Å². The minimum atomic E-state index is -4.07. The molecule has 0 saturated carbocycles. The van der Waals surface area contributed by atoms with Crippen molar-refractivity contribution in [2.24, 2.45) is 0 Å². The van der Waals surface area contributed by atoms with Crippen LogP contribution in [0.1, 0.15) is 10.4 Å². The quantitative estimate of drug-likeness (QED) is 0.541. The first-order valence-electron chi connectivity index (χ1n) is 9.13. The van der Waals surface area contributed by atoms with Gasteiger partial charge in [-0.05, 0) is 48.5 Å². The monoisotopic (exact) mass is 458 g/mol. The van der Waals surface area contributed by atoms with Gasteiger partial charge in [-0.15, -0.1) is 0 Å². The average molecular weight is 459 g/mol. The van der Waals surface area contributed by atoms with Crippen molar-refractivity contribution in [1.29, 1.82) is 0 Å². The van der Waals surface area contributed by atoms with Gasteiger partial charge in [-0.1, -0.05) is 41.9 Å². The van der Waals surface area contributed by atoms with Gasteiger partial charge in [-0.3, -0.25) is 9.10 Å². The van der Waals surface area contributed by atoms with Crippen molar-refractivity contribution >= 4 is 44.9 Å². The Morgan fingerprint density at radius 2 is 1.55 bits per heavy atom. The molecule has 0 radical (unpaired) electrons. The highest BCUT2D eigenvalue weighted by atomic mass is 35.5. The van der Waals surface area contributed by atoms with E-state index < -0.39 is 28.4 Å². The number of benzene rings is 3. The number of para-hydroxylation sites is 2. The van der Waals surface area contributed by atoms with Crippen LogP contribution in [0.3, 0.4) is 0 Å². The number of anilines is 2. The number of amides is 1. The van der Waals surface area contributed by atoms with Crippen LogP contribution in [-0.4, -0.2) is 33.9 Å². The van der Waals surface area contributed by atoms with Crippen LogP contribution >= 0.6 is 11.6 Å². The second-order valence-electron chi connectivity index (χ2n) is 6.39. The van der Waals surface area contributed by atoms with Gasteiger partial charge >= 0.3 is 5.97 Å². The molecule has 31 heavy (non-hydrogen) atoms. The van der Waals surface area contributed by atoms with E-state index in [-0.39, 0.29) is 16.1 Å². The standard InChI is InChI=1S/C22H19ClN2O5S/c1-30-22(27)19-9-5-6-10-20(19)24-21(26)15-25(17-7-3-2-4-8-17)31(28,29)18-13-11-16(23)12-14-18/h2-14H,15H2,1H3,(H,24,26). The lowest BCUT2D eigenvalue weighted by Crippen LogP contribution is -2.38. The number of sulfonamides is 1. The van der Waals surface area contributed by atoms with Crippen molar-refractivity contribution < 1.29 is 22.7 Å². The van der Waals surface area contributed by atoms with E-state index in [9.17, 15) is 18.0 Å². The smallest absolute Gasteiger partial charge is 0.339 e. The van der Waals surface area contributed by atoms with Crippen LogP contribution in [0, 0.1) is 0 Å². The molecule has 0 aromatic heterocycles. The molecule has 0 heterocycles. The van der Waals surface area contributed by atoms with E-state index >= 15 is 0 Å². The fourth-order valence-corrected chi connectivity index (χ4v) is 4.39. The van der Waals surface area contributed by atoms with E-state index in [2.05, 4.69) is 5.32 Å². The highest BCUT2D eigenvalue weighted by Gasteiger charge is 2.27. The lowest BCUT2D eigenvalue weighted by atomic mass is 10.2. The molecule has 0 unspecified atom stereocenters. The summed E-state index contributed by atoms with van der Waals surface area (Å²) >= 11 is 5.87. The zero-order valence-corrected chi connectivity index (χ0v) is 18.1. The summed E-state index contributed by atoms with van der Waals surface area (Å²) in [6.45, 7) is -0.509. The molecule has 3 aromatic carbocycles. The molecular weight excluding hydrogens is 440 g/mol. The first-order valence-corrected chi connectivity index (χ1v) is 11.0. The topological polar surface area (TPSA) is 92.8 Å². The minimum absolute atomic E-state index is 0.0106. The summed E-state index contributed by atoms with van der Waals surface area (Å²) in [6, 6.07) is 20.2. The van der Waals surface area contributed by atoms with Crippen molar-refractivity contribution in [3.63, 3.8) is 0 Å². The van der Waals surface area contributed by atoms with Crippen LogP contribution < -0.4 is 9.62 Å². The Balaban J connectivity index is 1.93. The van der Waals surface area contributed by atoms with Gasteiger partial charge in [0, 0.05) is 5.02 Å². The zero-order chi connectivity index (χ0) is 22.4. The molecule has 7 nitrogen and oxygen atoms in total. The summed E-state index contributed by atoms with van der Waals surface area (Å²) < 4.78 is 32.3. The van der Waals surface area contributed by atoms with Crippen LogP contribution in [0.2, 0.25) is 5.02 Å². The molecule has 0 aliphatic carbocycles. The van der Waals surface area contributed by atoms with Crippen LogP contribution in [0.5, 0.6) is 0 Å². The van der Waals surface area contributed by atoms with Crippen molar-refractivity contribution in [2.45, 2.75) is 4.90 Å². The molecule has 0 aliphatic rings. The maximum absolute atomic E-state index is 13.3.